The number of nitrogens with zero attached hydrogens (tertiary/aromatic N) is 1. The third-order valence-corrected chi connectivity index (χ3v) is 3.70. The van der Waals surface area contributed by atoms with Crippen LogP contribution in [0, 0.1) is 0 Å². The summed E-state index contributed by atoms with van der Waals surface area (Å²) in [4.78, 5) is 13.7. The maximum atomic E-state index is 11.6. The van der Waals surface area contributed by atoms with Gasteiger partial charge < -0.3 is 15.8 Å². The number of primary amides is 1. The molecular weight excluding hydrogens is 242 g/mol. The molecule has 104 valence electrons. The largest absolute Gasteiger partial charge is 0.496 e. The number of ether oxygens (including phenoxy) is 1. The summed E-state index contributed by atoms with van der Waals surface area (Å²) in [6.07, 6.45) is 0. The summed E-state index contributed by atoms with van der Waals surface area (Å²) >= 11 is 0. The summed E-state index contributed by atoms with van der Waals surface area (Å²) in [6.45, 7) is 4.35. The number of hydrogen-bond acceptors (Lipinski definition) is 4. The summed E-state index contributed by atoms with van der Waals surface area (Å²) in [5.41, 5.74) is 6.57. The van der Waals surface area contributed by atoms with Gasteiger partial charge in [0, 0.05) is 31.2 Å². The van der Waals surface area contributed by atoms with Crippen molar-refractivity contribution in [3.63, 3.8) is 0 Å². The zero-order valence-electron chi connectivity index (χ0n) is 11.4. The van der Waals surface area contributed by atoms with Crippen molar-refractivity contribution >= 4 is 5.91 Å². The Bertz CT molecular complexity index is 450. The van der Waals surface area contributed by atoms with Gasteiger partial charge in [-0.05, 0) is 13.0 Å². The molecule has 0 aliphatic carbocycles. The second-order valence-electron chi connectivity index (χ2n) is 4.78. The van der Waals surface area contributed by atoms with Crippen LogP contribution in [0.5, 0.6) is 5.75 Å². The Hall–Kier alpha value is -1.59. The predicted octanol–water partition coefficient (Wildman–Crippen LogP) is 0.515. The lowest BCUT2D eigenvalue weighted by atomic mass is 10.0. The Balaban J connectivity index is 2.26. The smallest absolute Gasteiger partial charge is 0.236 e. The van der Waals surface area contributed by atoms with Crippen LogP contribution >= 0.6 is 0 Å². The average Bonchev–Trinajstić information content (AvgIpc) is 2.46. The normalized spacial score (nSPS) is 21.9. The van der Waals surface area contributed by atoms with Crippen LogP contribution in [0.4, 0.5) is 0 Å². The molecule has 19 heavy (non-hydrogen) atoms. The quantitative estimate of drug-likeness (QED) is 0.831. The fourth-order valence-corrected chi connectivity index (χ4v) is 2.64. The molecule has 0 radical (unpaired) electrons. The van der Waals surface area contributed by atoms with Crippen LogP contribution in [0.15, 0.2) is 24.3 Å². The van der Waals surface area contributed by atoms with Crippen LogP contribution in [0.2, 0.25) is 0 Å². The van der Waals surface area contributed by atoms with Crippen molar-refractivity contribution in [2.75, 3.05) is 26.7 Å². The van der Waals surface area contributed by atoms with Crippen molar-refractivity contribution in [2.24, 2.45) is 5.73 Å². The number of hydrogen-bond donors (Lipinski definition) is 2. The SMILES string of the molecule is COc1ccccc1C(C)N1CCNCC1C(N)=O. The summed E-state index contributed by atoms with van der Waals surface area (Å²) in [5, 5.41) is 3.21. The van der Waals surface area contributed by atoms with Gasteiger partial charge in [-0.2, -0.15) is 0 Å². The molecule has 1 heterocycles. The topological polar surface area (TPSA) is 67.6 Å². The highest BCUT2D eigenvalue weighted by molar-refractivity contribution is 5.80. The van der Waals surface area contributed by atoms with E-state index in [1.165, 1.54) is 0 Å². The maximum Gasteiger partial charge on any atom is 0.236 e. The predicted molar refractivity (Wildman–Crippen MR) is 74.0 cm³/mol. The average molecular weight is 263 g/mol. The molecule has 0 aromatic heterocycles. The van der Waals surface area contributed by atoms with Crippen LogP contribution in [0.3, 0.4) is 0 Å². The lowest BCUT2D eigenvalue weighted by Gasteiger charge is -2.38. The van der Waals surface area contributed by atoms with Crippen LogP contribution in [0.25, 0.3) is 0 Å². The molecule has 1 aromatic carbocycles. The molecule has 0 spiro atoms. The lowest BCUT2D eigenvalue weighted by molar-refractivity contribution is -0.124. The Morgan fingerprint density at radius 1 is 1.53 bits per heavy atom. The number of methoxy groups -OCH3 is 1. The van der Waals surface area contributed by atoms with Gasteiger partial charge in [-0.15, -0.1) is 0 Å². The van der Waals surface area contributed by atoms with Crippen LogP contribution < -0.4 is 15.8 Å². The Morgan fingerprint density at radius 3 is 2.95 bits per heavy atom. The number of benzene rings is 1. The van der Waals surface area contributed by atoms with E-state index in [4.69, 9.17) is 10.5 Å². The minimum absolute atomic E-state index is 0.0933. The zero-order chi connectivity index (χ0) is 13.8. The highest BCUT2D eigenvalue weighted by Crippen LogP contribution is 2.30. The molecule has 5 nitrogen and oxygen atoms in total. The van der Waals surface area contributed by atoms with Gasteiger partial charge in [0.2, 0.25) is 5.91 Å². The van der Waals surface area contributed by atoms with Gasteiger partial charge >= 0.3 is 0 Å². The third-order valence-electron chi connectivity index (χ3n) is 3.70. The first-order valence-electron chi connectivity index (χ1n) is 6.54. The molecule has 1 saturated heterocycles. The van der Waals surface area contributed by atoms with Crippen molar-refractivity contribution in [1.82, 2.24) is 10.2 Å². The minimum Gasteiger partial charge on any atom is -0.496 e. The van der Waals surface area contributed by atoms with E-state index in [-0.39, 0.29) is 18.0 Å². The number of amides is 1. The molecule has 2 unspecified atom stereocenters. The molecule has 1 aliphatic rings. The molecule has 3 N–H and O–H groups in total. The number of para-hydroxylation sites is 1. The molecule has 5 heteroatoms. The maximum absolute atomic E-state index is 11.6. The molecule has 2 atom stereocenters. The number of carbonyl (C=O) groups excluding carboxylic acids is 1. The molecule has 2 rings (SSSR count). The number of rotatable bonds is 4. The highest BCUT2D eigenvalue weighted by atomic mass is 16.5. The van der Waals surface area contributed by atoms with E-state index in [9.17, 15) is 4.79 Å². The number of piperazine rings is 1. The second-order valence-corrected chi connectivity index (χ2v) is 4.78. The summed E-state index contributed by atoms with van der Waals surface area (Å²) in [5.74, 6) is 0.561. The monoisotopic (exact) mass is 263 g/mol. The van der Waals surface area contributed by atoms with E-state index < -0.39 is 0 Å². The molecule has 1 aromatic rings. The Kier molecular flexibility index (Phi) is 4.39. The van der Waals surface area contributed by atoms with Gasteiger partial charge in [0.05, 0.1) is 7.11 Å². The van der Waals surface area contributed by atoms with E-state index in [1.807, 2.05) is 24.3 Å². The van der Waals surface area contributed by atoms with Crippen molar-refractivity contribution < 1.29 is 9.53 Å². The van der Waals surface area contributed by atoms with Gasteiger partial charge in [0.1, 0.15) is 11.8 Å². The van der Waals surface area contributed by atoms with Crippen LogP contribution in [-0.4, -0.2) is 43.6 Å². The summed E-state index contributed by atoms with van der Waals surface area (Å²) in [6, 6.07) is 7.72. The Morgan fingerprint density at radius 2 is 2.26 bits per heavy atom. The standard InChI is InChI=1S/C14H21N3O2/c1-10(11-5-3-4-6-13(11)19-2)17-8-7-16-9-12(17)14(15)18/h3-6,10,12,16H,7-9H2,1-2H3,(H2,15,18). The fourth-order valence-electron chi connectivity index (χ4n) is 2.64. The van der Waals surface area contributed by atoms with E-state index >= 15 is 0 Å². The molecule has 1 amide bonds. The second kappa shape index (κ2) is 6.04. The van der Waals surface area contributed by atoms with Crippen molar-refractivity contribution in [3.8, 4) is 5.75 Å². The van der Waals surface area contributed by atoms with Gasteiger partial charge in [-0.25, -0.2) is 0 Å². The summed E-state index contributed by atoms with van der Waals surface area (Å²) in [7, 11) is 1.66. The van der Waals surface area contributed by atoms with E-state index in [0.717, 1.165) is 24.4 Å². The minimum atomic E-state index is -0.283. The molecule has 1 fully saturated rings. The number of carbonyl (C=O) groups is 1. The third kappa shape index (κ3) is 2.88. The number of nitrogens with one attached hydrogen (secondary N) is 1. The molecule has 1 aliphatic heterocycles. The van der Waals surface area contributed by atoms with Crippen molar-refractivity contribution in [1.29, 1.82) is 0 Å². The van der Waals surface area contributed by atoms with E-state index in [1.54, 1.807) is 7.11 Å². The van der Waals surface area contributed by atoms with E-state index in [2.05, 4.69) is 17.1 Å². The molecular formula is C14H21N3O2. The van der Waals surface area contributed by atoms with E-state index in [0.29, 0.717) is 6.54 Å². The zero-order valence-corrected chi connectivity index (χ0v) is 11.4. The highest BCUT2D eigenvalue weighted by Gasteiger charge is 2.31. The van der Waals surface area contributed by atoms with Gasteiger partial charge in [0.15, 0.2) is 0 Å². The fraction of sp³-hybridized carbons (Fsp3) is 0.500. The first kappa shape index (κ1) is 13.8. The van der Waals surface area contributed by atoms with Gasteiger partial charge in [-0.3, -0.25) is 9.69 Å². The first-order valence-corrected chi connectivity index (χ1v) is 6.54. The van der Waals surface area contributed by atoms with Gasteiger partial charge in [0.25, 0.3) is 0 Å². The lowest BCUT2D eigenvalue weighted by Crippen LogP contribution is -2.57. The van der Waals surface area contributed by atoms with Gasteiger partial charge in [-0.1, -0.05) is 18.2 Å². The van der Waals surface area contributed by atoms with Crippen LogP contribution in [-0.2, 0) is 4.79 Å². The number of nitrogens with two attached hydrogens (primary N) is 1. The summed E-state index contributed by atoms with van der Waals surface area (Å²) < 4.78 is 5.39. The molecule has 0 bridgehead atoms. The van der Waals surface area contributed by atoms with Crippen molar-refractivity contribution in [3.05, 3.63) is 29.8 Å². The first-order chi connectivity index (χ1) is 9.15. The van der Waals surface area contributed by atoms with Crippen molar-refractivity contribution in [2.45, 2.75) is 19.0 Å². The molecule has 0 saturated carbocycles. The van der Waals surface area contributed by atoms with Crippen LogP contribution in [0.1, 0.15) is 18.5 Å². The Labute approximate surface area is 113 Å².